The number of hydrogen-bond donors (Lipinski definition) is 0. The zero-order chi connectivity index (χ0) is 19.5. The number of nitrogens with zero attached hydrogens (tertiary/aromatic N) is 5. The molecule has 1 aromatic heterocycles. The average Bonchev–Trinajstić information content (AvgIpc) is 3.18. The van der Waals surface area contributed by atoms with Gasteiger partial charge in [-0.2, -0.15) is 0 Å². The number of thiazole rings is 1. The van der Waals surface area contributed by atoms with Crippen LogP contribution in [0.3, 0.4) is 0 Å². The first-order chi connectivity index (χ1) is 13.6. The van der Waals surface area contributed by atoms with E-state index < -0.39 is 0 Å². The molecule has 2 fully saturated rings. The van der Waals surface area contributed by atoms with E-state index in [1.54, 1.807) is 23.5 Å². The first-order valence-corrected chi connectivity index (χ1v) is 11.0. The molecule has 2 saturated heterocycles. The number of halogens is 1. The Kier molecular flexibility index (Phi) is 6.13. The monoisotopic (exact) mass is 403 g/mol. The summed E-state index contributed by atoms with van der Waals surface area (Å²) in [6, 6.07) is 7.74. The minimum atomic E-state index is -0.110. The number of piperazine rings is 1. The van der Waals surface area contributed by atoms with Crippen molar-refractivity contribution in [2.45, 2.75) is 25.4 Å². The molecule has 0 amide bonds. The predicted octanol–water partition coefficient (Wildman–Crippen LogP) is 3.13. The largest absolute Gasteiger partial charge is 0.367 e. The Balaban J connectivity index is 1.31. The van der Waals surface area contributed by atoms with Gasteiger partial charge in [0.15, 0.2) is 5.13 Å². The van der Waals surface area contributed by atoms with Gasteiger partial charge in [-0.25, -0.2) is 9.37 Å². The molecule has 5 nitrogen and oxygen atoms in total. The van der Waals surface area contributed by atoms with Gasteiger partial charge < -0.3 is 9.80 Å². The lowest BCUT2D eigenvalue weighted by molar-refractivity contribution is 0.0892. The highest BCUT2D eigenvalue weighted by molar-refractivity contribution is 7.15. The lowest BCUT2D eigenvalue weighted by Crippen LogP contribution is -2.55. The summed E-state index contributed by atoms with van der Waals surface area (Å²) in [6.07, 6.45) is 4.54. The van der Waals surface area contributed by atoms with Crippen LogP contribution in [0.1, 0.15) is 17.7 Å². The molecule has 3 heterocycles. The fraction of sp³-hybridized carbons (Fsp3) is 0.571. The molecular weight excluding hydrogens is 373 g/mol. The Morgan fingerprint density at radius 2 is 1.93 bits per heavy atom. The molecule has 0 bridgehead atoms. The fourth-order valence-electron chi connectivity index (χ4n) is 4.31. The van der Waals surface area contributed by atoms with E-state index in [2.05, 4.69) is 24.6 Å². The number of benzene rings is 1. The van der Waals surface area contributed by atoms with Crippen molar-refractivity contribution in [2.24, 2.45) is 0 Å². The van der Waals surface area contributed by atoms with Crippen LogP contribution in [0.15, 0.2) is 30.5 Å². The molecule has 0 radical (unpaired) electrons. The van der Waals surface area contributed by atoms with E-state index in [9.17, 15) is 4.39 Å². The standard InChI is InChI=1S/C21H30FN5S/c1-24(2)21-23-14-18(28-21)16-25-9-5-6-17(15-25)26-10-12-27(13-11-26)20-8-4-3-7-19(20)22/h3-4,7-8,14,17H,5-6,9-13,15-16H2,1-2H3. The van der Waals surface area contributed by atoms with Crippen molar-refractivity contribution in [3.8, 4) is 0 Å². The maximum absolute atomic E-state index is 14.1. The lowest BCUT2D eigenvalue weighted by Gasteiger charge is -2.44. The second-order valence-electron chi connectivity index (χ2n) is 8.01. The molecule has 1 atom stereocenters. The molecule has 4 rings (SSSR count). The van der Waals surface area contributed by atoms with Crippen LogP contribution in [-0.4, -0.2) is 74.2 Å². The fourth-order valence-corrected chi connectivity index (χ4v) is 5.18. The van der Waals surface area contributed by atoms with E-state index in [0.29, 0.717) is 6.04 Å². The predicted molar refractivity (Wildman–Crippen MR) is 115 cm³/mol. The van der Waals surface area contributed by atoms with Crippen molar-refractivity contribution < 1.29 is 4.39 Å². The van der Waals surface area contributed by atoms with E-state index in [-0.39, 0.29) is 5.82 Å². The number of hydrogen-bond acceptors (Lipinski definition) is 6. The number of para-hydroxylation sites is 1. The van der Waals surface area contributed by atoms with Gasteiger partial charge in [-0.3, -0.25) is 9.80 Å². The summed E-state index contributed by atoms with van der Waals surface area (Å²) in [5, 5.41) is 1.08. The first kappa shape index (κ1) is 19.6. The van der Waals surface area contributed by atoms with Gasteiger partial charge in [0, 0.05) is 70.5 Å². The van der Waals surface area contributed by atoms with Crippen molar-refractivity contribution >= 4 is 22.2 Å². The van der Waals surface area contributed by atoms with Gasteiger partial charge in [-0.05, 0) is 31.5 Å². The molecule has 7 heteroatoms. The molecule has 1 unspecified atom stereocenters. The van der Waals surface area contributed by atoms with Crippen molar-refractivity contribution in [2.75, 3.05) is 63.2 Å². The summed E-state index contributed by atoms with van der Waals surface area (Å²) < 4.78 is 14.1. The molecule has 152 valence electrons. The highest BCUT2D eigenvalue weighted by atomic mass is 32.1. The molecule has 0 spiro atoms. The van der Waals surface area contributed by atoms with Gasteiger partial charge in [0.25, 0.3) is 0 Å². The second-order valence-corrected chi connectivity index (χ2v) is 9.10. The van der Waals surface area contributed by atoms with Crippen molar-refractivity contribution in [3.63, 3.8) is 0 Å². The number of rotatable bonds is 5. The third-order valence-corrected chi connectivity index (χ3v) is 6.96. The van der Waals surface area contributed by atoms with Crippen LogP contribution in [0, 0.1) is 5.82 Å². The Morgan fingerprint density at radius 1 is 1.14 bits per heavy atom. The molecule has 0 aliphatic carbocycles. The van der Waals surface area contributed by atoms with Crippen molar-refractivity contribution in [1.29, 1.82) is 0 Å². The highest BCUT2D eigenvalue weighted by Gasteiger charge is 2.29. The third kappa shape index (κ3) is 4.47. The van der Waals surface area contributed by atoms with Crippen LogP contribution in [0.2, 0.25) is 0 Å². The van der Waals surface area contributed by atoms with Crippen molar-refractivity contribution in [3.05, 3.63) is 41.2 Å². The van der Waals surface area contributed by atoms with Crippen LogP contribution >= 0.6 is 11.3 Å². The number of aromatic nitrogens is 1. The smallest absolute Gasteiger partial charge is 0.185 e. The van der Waals surface area contributed by atoms with Gasteiger partial charge in [0.2, 0.25) is 0 Å². The minimum absolute atomic E-state index is 0.110. The molecule has 28 heavy (non-hydrogen) atoms. The summed E-state index contributed by atoms with van der Waals surface area (Å²) in [5.74, 6) is -0.110. The number of likely N-dealkylation sites (tertiary alicyclic amines) is 1. The molecule has 1 aromatic carbocycles. The van der Waals surface area contributed by atoms with E-state index >= 15 is 0 Å². The molecule has 0 N–H and O–H groups in total. The molecular formula is C21H30FN5S. The van der Waals surface area contributed by atoms with Crippen LogP contribution in [0.5, 0.6) is 0 Å². The van der Waals surface area contributed by atoms with Crippen LogP contribution in [0.25, 0.3) is 0 Å². The Bertz CT molecular complexity index is 772. The molecule has 2 aliphatic heterocycles. The van der Waals surface area contributed by atoms with Gasteiger partial charge in [0.05, 0.1) is 5.69 Å². The number of anilines is 2. The van der Waals surface area contributed by atoms with Crippen LogP contribution in [-0.2, 0) is 6.54 Å². The van der Waals surface area contributed by atoms with Gasteiger partial charge in [-0.1, -0.05) is 12.1 Å². The van der Waals surface area contributed by atoms with Gasteiger partial charge in [-0.15, -0.1) is 11.3 Å². The van der Waals surface area contributed by atoms with Crippen molar-refractivity contribution in [1.82, 2.24) is 14.8 Å². The number of piperidine rings is 1. The third-order valence-electron chi connectivity index (χ3n) is 5.81. The quantitative estimate of drug-likeness (QED) is 0.764. The van der Waals surface area contributed by atoms with Gasteiger partial charge in [0.1, 0.15) is 5.82 Å². The van der Waals surface area contributed by atoms with E-state index in [1.807, 2.05) is 32.4 Å². The highest BCUT2D eigenvalue weighted by Crippen LogP contribution is 2.26. The zero-order valence-electron chi connectivity index (χ0n) is 16.9. The Hall–Kier alpha value is -1.70. The topological polar surface area (TPSA) is 25.9 Å². The molecule has 2 aliphatic rings. The Morgan fingerprint density at radius 3 is 2.64 bits per heavy atom. The average molecular weight is 404 g/mol. The maximum atomic E-state index is 14.1. The first-order valence-electron chi connectivity index (χ1n) is 10.2. The Labute approximate surface area is 171 Å². The van der Waals surface area contributed by atoms with E-state index in [4.69, 9.17) is 0 Å². The summed E-state index contributed by atoms with van der Waals surface area (Å²) in [6.45, 7) is 7.11. The normalized spacial score (nSPS) is 21.8. The molecule has 0 saturated carbocycles. The summed E-state index contributed by atoms with van der Waals surface area (Å²) in [7, 11) is 4.08. The zero-order valence-corrected chi connectivity index (χ0v) is 17.7. The van der Waals surface area contributed by atoms with E-state index in [0.717, 1.165) is 50.1 Å². The SMILES string of the molecule is CN(C)c1ncc(CN2CCCC(N3CCN(c4ccccc4F)CC3)C2)s1. The molecule has 2 aromatic rings. The minimum Gasteiger partial charge on any atom is -0.367 e. The summed E-state index contributed by atoms with van der Waals surface area (Å²) in [5.41, 5.74) is 0.745. The summed E-state index contributed by atoms with van der Waals surface area (Å²) >= 11 is 1.79. The van der Waals surface area contributed by atoms with E-state index in [1.165, 1.54) is 24.3 Å². The second kappa shape index (κ2) is 8.76. The maximum Gasteiger partial charge on any atom is 0.185 e. The van der Waals surface area contributed by atoms with Crippen LogP contribution < -0.4 is 9.80 Å². The van der Waals surface area contributed by atoms with Crippen LogP contribution in [0.4, 0.5) is 15.2 Å². The van der Waals surface area contributed by atoms with Gasteiger partial charge >= 0.3 is 0 Å². The lowest BCUT2D eigenvalue weighted by atomic mass is 10.0. The summed E-state index contributed by atoms with van der Waals surface area (Å²) in [4.78, 5) is 15.3.